The van der Waals surface area contributed by atoms with Crippen molar-refractivity contribution in [3.8, 4) is 0 Å². The van der Waals surface area contributed by atoms with Crippen molar-refractivity contribution in [2.45, 2.75) is 58.9 Å². The monoisotopic (exact) mass is 194 g/mol. The summed E-state index contributed by atoms with van der Waals surface area (Å²) in [7, 11) is 0. The van der Waals surface area contributed by atoms with E-state index in [4.69, 9.17) is 0 Å². The van der Waals surface area contributed by atoms with Crippen molar-refractivity contribution < 1.29 is 0 Å². The summed E-state index contributed by atoms with van der Waals surface area (Å²) >= 11 is 0. The molecule has 1 heterocycles. The molecule has 0 unspecified atom stereocenters. The molecule has 80 valence electrons. The second-order valence-electron chi connectivity index (χ2n) is 3.86. The van der Waals surface area contributed by atoms with Gasteiger partial charge in [0, 0.05) is 18.4 Å². The van der Waals surface area contributed by atoms with E-state index in [9.17, 15) is 0 Å². The Balaban J connectivity index is 2.30. The standard InChI is InChI=1S/C12H22N2/c1-3-5-6-7-11-14-12(8-4-2)9-10-13-14/h9-10H,3-8,11H2,1-2H3. The van der Waals surface area contributed by atoms with Gasteiger partial charge >= 0.3 is 0 Å². The molecule has 0 spiro atoms. The molecule has 2 nitrogen and oxygen atoms in total. The van der Waals surface area contributed by atoms with Crippen molar-refractivity contribution in [2.24, 2.45) is 0 Å². The van der Waals surface area contributed by atoms with E-state index in [1.54, 1.807) is 0 Å². The van der Waals surface area contributed by atoms with Gasteiger partial charge in [-0.3, -0.25) is 4.68 Å². The van der Waals surface area contributed by atoms with E-state index < -0.39 is 0 Å². The first kappa shape index (κ1) is 11.3. The second-order valence-corrected chi connectivity index (χ2v) is 3.86. The zero-order valence-corrected chi connectivity index (χ0v) is 9.50. The summed E-state index contributed by atoms with van der Waals surface area (Å²) in [5, 5.41) is 4.35. The minimum atomic E-state index is 1.10. The molecule has 1 aromatic rings. The summed E-state index contributed by atoms with van der Waals surface area (Å²) in [5.41, 5.74) is 1.39. The Bertz CT molecular complexity index is 240. The van der Waals surface area contributed by atoms with Crippen LogP contribution in [0.1, 0.15) is 51.6 Å². The Morgan fingerprint density at radius 2 is 2.00 bits per heavy atom. The van der Waals surface area contributed by atoms with Gasteiger partial charge < -0.3 is 0 Å². The van der Waals surface area contributed by atoms with Crippen molar-refractivity contribution in [1.29, 1.82) is 0 Å². The number of rotatable bonds is 7. The second kappa shape index (κ2) is 6.63. The van der Waals surface area contributed by atoms with Gasteiger partial charge in [-0.05, 0) is 18.9 Å². The smallest absolute Gasteiger partial charge is 0.0492 e. The Morgan fingerprint density at radius 1 is 1.14 bits per heavy atom. The van der Waals surface area contributed by atoms with Gasteiger partial charge in [0.05, 0.1) is 0 Å². The van der Waals surface area contributed by atoms with E-state index in [-0.39, 0.29) is 0 Å². The fraction of sp³-hybridized carbons (Fsp3) is 0.750. The van der Waals surface area contributed by atoms with Crippen LogP contribution in [0.25, 0.3) is 0 Å². The van der Waals surface area contributed by atoms with Gasteiger partial charge in [0.15, 0.2) is 0 Å². The van der Waals surface area contributed by atoms with Crippen LogP contribution in [0.15, 0.2) is 12.3 Å². The van der Waals surface area contributed by atoms with Gasteiger partial charge in [0.1, 0.15) is 0 Å². The molecular formula is C12H22N2. The first-order valence-corrected chi connectivity index (χ1v) is 5.89. The molecule has 0 radical (unpaired) electrons. The summed E-state index contributed by atoms with van der Waals surface area (Å²) in [6, 6.07) is 2.14. The maximum absolute atomic E-state index is 4.35. The van der Waals surface area contributed by atoms with E-state index in [0.29, 0.717) is 0 Å². The molecule has 0 amide bonds. The summed E-state index contributed by atoms with van der Waals surface area (Å²) in [4.78, 5) is 0. The largest absolute Gasteiger partial charge is 0.270 e. The average Bonchev–Trinajstić information content (AvgIpc) is 2.61. The first-order chi connectivity index (χ1) is 6.88. The van der Waals surface area contributed by atoms with Crippen LogP contribution in [0, 0.1) is 0 Å². The molecule has 2 heteroatoms. The van der Waals surface area contributed by atoms with Crippen LogP contribution in [-0.4, -0.2) is 9.78 Å². The third kappa shape index (κ3) is 3.52. The van der Waals surface area contributed by atoms with Crippen LogP contribution in [0.2, 0.25) is 0 Å². The highest BCUT2D eigenvalue weighted by Crippen LogP contribution is 2.06. The first-order valence-electron chi connectivity index (χ1n) is 5.89. The molecule has 0 aliphatic carbocycles. The van der Waals surface area contributed by atoms with E-state index in [1.807, 2.05) is 6.20 Å². The molecule has 1 aromatic heterocycles. The molecule has 0 N–H and O–H groups in total. The van der Waals surface area contributed by atoms with Crippen LogP contribution in [0.3, 0.4) is 0 Å². The van der Waals surface area contributed by atoms with Crippen LogP contribution >= 0.6 is 0 Å². The number of aromatic nitrogens is 2. The van der Waals surface area contributed by atoms with Crippen molar-refractivity contribution in [3.63, 3.8) is 0 Å². The molecule has 0 aliphatic heterocycles. The summed E-state index contributed by atoms with van der Waals surface area (Å²) in [5.74, 6) is 0. The lowest BCUT2D eigenvalue weighted by Crippen LogP contribution is -2.04. The molecule has 0 aliphatic rings. The van der Waals surface area contributed by atoms with Gasteiger partial charge in [0.2, 0.25) is 0 Å². The normalized spacial score (nSPS) is 10.7. The summed E-state index contributed by atoms with van der Waals surface area (Å²) in [6.07, 6.45) is 9.55. The molecule has 1 rings (SSSR count). The highest BCUT2D eigenvalue weighted by atomic mass is 15.3. The summed E-state index contributed by atoms with van der Waals surface area (Å²) < 4.78 is 2.17. The maximum Gasteiger partial charge on any atom is 0.0492 e. The molecule has 0 bridgehead atoms. The SMILES string of the molecule is CCCCCCn1nccc1CCC. The summed E-state index contributed by atoms with van der Waals surface area (Å²) in [6.45, 7) is 5.56. The lowest BCUT2D eigenvalue weighted by Gasteiger charge is -2.05. The Morgan fingerprint density at radius 3 is 2.71 bits per heavy atom. The predicted octanol–water partition coefficient (Wildman–Crippen LogP) is 3.42. The van der Waals surface area contributed by atoms with Crippen LogP contribution < -0.4 is 0 Å². The maximum atomic E-state index is 4.35. The van der Waals surface area contributed by atoms with Gasteiger partial charge in [-0.1, -0.05) is 39.5 Å². The minimum Gasteiger partial charge on any atom is -0.270 e. The van der Waals surface area contributed by atoms with Gasteiger partial charge in [-0.15, -0.1) is 0 Å². The molecule has 0 atom stereocenters. The van der Waals surface area contributed by atoms with Crippen molar-refractivity contribution in [1.82, 2.24) is 9.78 Å². The molecule has 0 fully saturated rings. The third-order valence-corrected chi connectivity index (χ3v) is 2.53. The highest BCUT2D eigenvalue weighted by molar-refractivity contribution is 5.00. The van der Waals surface area contributed by atoms with E-state index >= 15 is 0 Å². The Kier molecular flexibility index (Phi) is 5.35. The fourth-order valence-electron chi connectivity index (χ4n) is 1.72. The molecule has 0 saturated carbocycles. The van der Waals surface area contributed by atoms with E-state index in [0.717, 1.165) is 13.0 Å². The number of unbranched alkanes of at least 4 members (excludes halogenated alkanes) is 3. The average molecular weight is 194 g/mol. The zero-order valence-electron chi connectivity index (χ0n) is 9.50. The van der Waals surface area contributed by atoms with Gasteiger partial charge in [-0.25, -0.2) is 0 Å². The minimum absolute atomic E-state index is 1.10. The van der Waals surface area contributed by atoms with E-state index in [1.165, 1.54) is 37.8 Å². The number of hydrogen-bond donors (Lipinski definition) is 0. The third-order valence-electron chi connectivity index (χ3n) is 2.53. The number of hydrogen-bond acceptors (Lipinski definition) is 1. The predicted molar refractivity (Wildman–Crippen MR) is 60.4 cm³/mol. The quantitative estimate of drug-likeness (QED) is 0.608. The molecule has 14 heavy (non-hydrogen) atoms. The lowest BCUT2D eigenvalue weighted by molar-refractivity contribution is 0.522. The number of aryl methyl sites for hydroxylation is 2. The molecule has 0 aromatic carbocycles. The lowest BCUT2D eigenvalue weighted by atomic mass is 10.2. The molecule has 0 saturated heterocycles. The van der Waals surface area contributed by atoms with Crippen molar-refractivity contribution in [3.05, 3.63) is 18.0 Å². The topological polar surface area (TPSA) is 17.8 Å². The number of nitrogens with zero attached hydrogens (tertiary/aromatic N) is 2. The van der Waals surface area contributed by atoms with Gasteiger partial charge in [0.25, 0.3) is 0 Å². The molecular weight excluding hydrogens is 172 g/mol. The van der Waals surface area contributed by atoms with Crippen LogP contribution in [0.4, 0.5) is 0 Å². The van der Waals surface area contributed by atoms with Crippen molar-refractivity contribution >= 4 is 0 Å². The fourth-order valence-corrected chi connectivity index (χ4v) is 1.72. The van der Waals surface area contributed by atoms with Crippen LogP contribution in [0.5, 0.6) is 0 Å². The Hall–Kier alpha value is -0.790. The Labute approximate surface area is 87.3 Å². The van der Waals surface area contributed by atoms with Crippen molar-refractivity contribution in [2.75, 3.05) is 0 Å². The highest BCUT2D eigenvalue weighted by Gasteiger charge is 2.00. The van der Waals surface area contributed by atoms with Gasteiger partial charge in [-0.2, -0.15) is 5.10 Å². The van der Waals surface area contributed by atoms with E-state index in [2.05, 4.69) is 29.7 Å². The van der Waals surface area contributed by atoms with Crippen LogP contribution in [-0.2, 0) is 13.0 Å². The zero-order chi connectivity index (χ0) is 10.2.